The summed E-state index contributed by atoms with van der Waals surface area (Å²) >= 11 is 0. The lowest BCUT2D eigenvalue weighted by atomic mass is 9.78. The standard InChI is InChI=1S/C19H29FO/c1-2-3-15-4-6-16(7-5-15)8-11-18(20)14-17-9-12-19(21)13-10-17/h9-10,12-13,15-16,18,21H,2-8,11,14H2,1H3. The van der Waals surface area contributed by atoms with E-state index in [1.54, 1.807) is 12.1 Å². The molecule has 1 fully saturated rings. The van der Waals surface area contributed by atoms with E-state index in [9.17, 15) is 9.50 Å². The van der Waals surface area contributed by atoms with E-state index >= 15 is 0 Å². The van der Waals surface area contributed by atoms with E-state index in [2.05, 4.69) is 6.92 Å². The van der Waals surface area contributed by atoms with Gasteiger partial charge in [0.15, 0.2) is 0 Å². The van der Waals surface area contributed by atoms with Crippen molar-refractivity contribution in [2.45, 2.75) is 70.9 Å². The highest BCUT2D eigenvalue weighted by atomic mass is 19.1. The molecular formula is C19H29FO. The summed E-state index contributed by atoms with van der Waals surface area (Å²) in [6.45, 7) is 2.27. The van der Waals surface area contributed by atoms with Crippen molar-refractivity contribution in [1.29, 1.82) is 0 Å². The molecule has 0 bridgehead atoms. The van der Waals surface area contributed by atoms with Crippen LogP contribution in [0.2, 0.25) is 0 Å². The van der Waals surface area contributed by atoms with Crippen molar-refractivity contribution in [2.24, 2.45) is 11.8 Å². The molecule has 0 saturated heterocycles. The highest BCUT2D eigenvalue weighted by Gasteiger charge is 2.21. The quantitative estimate of drug-likeness (QED) is 0.687. The van der Waals surface area contributed by atoms with Crippen LogP contribution >= 0.6 is 0 Å². The monoisotopic (exact) mass is 292 g/mol. The second kappa shape index (κ2) is 8.41. The molecule has 1 unspecified atom stereocenters. The maximum absolute atomic E-state index is 14.1. The Hall–Kier alpha value is -1.05. The lowest BCUT2D eigenvalue weighted by Crippen LogP contribution is -2.16. The second-order valence-electron chi connectivity index (χ2n) is 6.72. The molecule has 1 aliphatic rings. The first-order valence-corrected chi connectivity index (χ1v) is 8.59. The summed E-state index contributed by atoms with van der Waals surface area (Å²) in [4.78, 5) is 0. The van der Waals surface area contributed by atoms with Crippen LogP contribution in [0, 0.1) is 11.8 Å². The van der Waals surface area contributed by atoms with Crippen LogP contribution in [0.4, 0.5) is 4.39 Å². The molecule has 1 atom stereocenters. The Labute approximate surface area is 128 Å². The third-order valence-corrected chi connectivity index (χ3v) is 4.94. The molecule has 1 nitrogen and oxygen atoms in total. The first kappa shape index (κ1) is 16.3. The fourth-order valence-electron chi connectivity index (χ4n) is 3.62. The summed E-state index contributed by atoms with van der Waals surface area (Å²) in [6, 6.07) is 6.91. The molecule has 1 saturated carbocycles. The Morgan fingerprint density at radius 3 is 2.19 bits per heavy atom. The lowest BCUT2D eigenvalue weighted by molar-refractivity contribution is 0.222. The molecule has 2 heteroatoms. The second-order valence-corrected chi connectivity index (χ2v) is 6.72. The first-order chi connectivity index (χ1) is 10.2. The summed E-state index contributed by atoms with van der Waals surface area (Å²) < 4.78 is 14.1. The van der Waals surface area contributed by atoms with Crippen molar-refractivity contribution >= 4 is 0 Å². The predicted molar refractivity (Wildman–Crippen MR) is 86.3 cm³/mol. The molecule has 1 aromatic carbocycles. The average Bonchev–Trinajstić information content (AvgIpc) is 2.49. The number of rotatable bonds is 7. The normalized spacial score (nSPS) is 23.9. The number of hydrogen-bond donors (Lipinski definition) is 1. The summed E-state index contributed by atoms with van der Waals surface area (Å²) in [5.74, 6) is 1.93. The van der Waals surface area contributed by atoms with E-state index in [4.69, 9.17) is 0 Å². The van der Waals surface area contributed by atoms with Crippen LogP contribution in [-0.2, 0) is 6.42 Å². The van der Waals surface area contributed by atoms with E-state index in [0.717, 1.165) is 23.8 Å². The topological polar surface area (TPSA) is 20.2 Å². The van der Waals surface area contributed by atoms with Gasteiger partial charge in [-0.05, 0) is 42.4 Å². The first-order valence-electron chi connectivity index (χ1n) is 8.59. The molecule has 0 amide bonds. The van der Waals surface area contributed by atoms with Crippen LogP contribution in [0.1, 0.15) is 63.9 Å². The van der Waals surface area contributed by atoms with Gasteiger partial charge in [-0.1, -0.05) is 57.6 Å². The van der Waals surface area contributed by atoms with Crippen molar-refractivity contribution in [1.82, 2.24) is 0 Å². The van der Waals surface area contributed by atoms with Crippen LogP contribution in [-0.4, -0.2) is 11.3 Å². The SMILES string of the molecule is CCCC1CCC(CCC(F)Cc2ccc(O)cc2)CC1. The van der Waals surface area contributed by atoms with Gasteiger partial charge in [0.1, 0.15) is 11.9 Å². The fourth-order valence-corrected chi connectivity index (χ4v) is 3.62. The third kappa shape index (κ3) is 5.68. The zero-order valence-corrected chi connectivity index (χ0v) is 13.2. The minimum absolute atomic E-state index is 0.248. The smallest absolute Gasteiger partial charge is 0.115 e. The lowest BCUT2D eigenvalue weighted by Gasteiger charge is -2.28. The maximum Gasteiger partial charge on any atom is 0.115 e. The molecule has 1 aliphatic carbocycles. The highest BCUT2D eigenvalue weighted by Crippen LogP contribution is 2.34. The fraction of sp³-hybridized carbons (Fsp3) is 0.684. The Kier molecular flexibility index (Phi) is 6.53. The number of benzene rings is 1. The van der Waals surface area contributed by atoms with Crippen molar-refractivity contribution in [3.63, 3.8) is 0 Å². The number of phenolic OH excluding ortho intramolecular Hbond substituents is 1. The van der Waals surface area contributed by atoms with Gasteiger partial charge < -0.3 is 5.11 Å². The molecule has 0 aromatic heterocycles. The number of alkyl halides is 1. The Bertz CT molecular complexity index is 393. The van der Waals surface area contributed by atoms with Crippen LogP contribution in [0.5, 0.6) is 5.75 Å². The molecule has 0 radical (unpaired) electrons. The van der Waals surface area contributed by atoms with Crippen molar-refractivity contribution < 1.29 is 9.50 Å². The number of hydrogen-bond acceptors (Lipinski definition) is 1. The highest BCUT2D eigenvalue weighted by molar-refractivity contribution is 5.26. The van der Waals surface area contributed by atoms with E-state index in [-0.39, 0.29) is 5.75 Å². The molecule has 1 aromatic rings. The zero-order valence-electron chi connectivity index (χ0n) is 13.2. The summed E-state index contributed by atoms with van der Waals surface area (Å²) in [6.07, 6.45) is 9.44. The van der Waals surface area contributed by atoms with E-state index in [1.165, 1.54) is 38.5 Å². The van der Waals surface area contributed by atoms with Gasteiger partial charge in [0.2, 0.25) is 0 Å². The van der Waals surface area contributed by atoms with Crippen LogP contribution < -0.4 is 0 Å². The summed E-state index contributed by atoms with van der Waals surface area (Å²) in [7, 11) is 0. The zero-order chi connectivity index (χ0) is 15.1. The van der Waals surface area contributed by atoms with E-state index < -0.39 is 6.17 Å². The van der Waals surface area contributed by atoms with Crippen LogP contribution in [0.25, 0.3) is 0 Å². The number of halogens is 1. The minimum Gasteiger partial charge on any atom is -0.508 e. The molecule has 0 heterocycles. The molecule has 118 valence electrons. The largest absolute Gasteiger partial charge is 0.508 e. The maximum atomic E-state index is 14.1. The van der Waals surface area contributed by atoms with Gasteiger partial charge in [0, 0.05) is 6.42 Å². The van der Waals surface area contributed by atoms with Crippen molar-refractivity contribution in [2.75, 3.05) is 0 Å². The molecule has 1 N–H and O–H groups in total. The van der Waals surface area contributed by atoms with Gasteiger partial charge in [-0.3, -0.25) is 0 Å². The third-order valence-electron chi connectivity index (χ3n) is 4.94. The Morgan fingerprint density at radius 2 is 1.62 bits per heavy atom. The molecule has 21 heavy (non-hydrogen) atoms. The van der Waals surface area contributed by atoms with Crippen LogP contribution in [0.15, 0.2) is 24.3 Å². The van der Waals surface area contributed by atoms with E-state index in [1.807, 2.05) is 12.1 Å². The minimum atomic E-state index is -0.747. The predicted octanol–water partition coefficient (Wildman–Crippen LogP) is 5.66. The molecular weight excluding hydrogens is 263 g/mol. The van der Waals surface area contributed by atoms with Gasteiger partial charge in [0.05, 0.1) is 0 Å². The molecule has 0 aliphatic heterocycles. The average molecular weight is 292 g/mol. The van der Waals surface area contributed by atoms with Gasteiger partial charge in [-0.2, -0.15) is 0 Å². The Morgan fingerprint density at radius 1 is 1.05 bits per heavy atom. The summed E-state index contributed by atoms with van der Waals surface area (Å²) in [5.41, 5.74) is 0.979. The van der Waals surface area contributed by atoms with Gasteiger partial charge in [-0.25, -0.2) is 4.39 Å². The number of phenols is 1. The Balaban J connectivity index is 1.65. The van der Waals surface area contributed by atoms with Crippen molar-refractivity contribution in [3.05, 3.63) is 29.8 Å². The van der Waals surface area contributed by atoms with Gasteiger partial charge in [0.25, 0.3) is 0 Å². The summed E-state index contributed by atoms with van der Waals surface area (Å²) in [5, 5.41) is 9.23. The van der Waals surface area contributed by atoms with E-state index in [0.29, 0.717) is 12.8 Å². The molecule has 2 rings (SSSR count). The molecule has 0 spiro atoms. The number of aromatic hydroxyl groups is 1. The van der Waals surface area contributed by atoms with Crippen molar-refractivity contribution in [3.8, 4) is 5.75 Å². The van der Waals surface area contributed by atoms with Gasteiger partial charge in [-0.15, -0.1) is 0 Å². The van der Waals surface area contributed by atoms with Gasteiger partial charge >= 0.3 is 0 Å². The van der Waals surface area contributed by atoms with Crippen LogP contribution in [0.3, 0.4) is 0 Å².